The zero-order valence-electron chi connectivity index (χ0n) is 18.9. The number of rotatable bonds is 4. The molecule has 0 radical (unpaired) electrons. The van der Waals surface area contributed by atoms with E-state index in [1.807, 2.05) is 35.7 Å². The molecule has 35 heavy (non-hydrogen) atoms. The number of nitrogens with zero attached hydrogens (tertiary/aromatic N) is 4. The van der Waals surface area contributed by atoms with Gasteiger partial charge in [-0.15, -0.1) is 0 Å². The molecule has 1 amide bonds. The summed E-state index contributed by atoms with van der Waals surface area (Å²) in [6.45, 7) is 3.83. The summed E-state index contributed by atoms with van der Waals surface area (Å²) in [6.07, 6.45) is 5.08. The quantitative estimate of drug-likeness (QED) is 0.231. The number of Topliss-reactive ketones (excluding diaryl/α,β-unsaturated/α-hetero) is 1. The summed E-state index contributed by atoms with van der Waals surface area (Å²) in [7, 11) is 0. The number of imidazole rings is 1. The van der Waals surface area contributed by atoms with Crippen LogP contribution in [0.1, 0.15) is 34.1 Å². The van der Waals surface area contributed by atoms with Crippen LogP contribution in [0.5, 0.6) is 0 Å². The van der Waals surface area contributed by atoms with Crippen LogP contribution in [0, 0.1) is 13.8 Å². The number of ketones is 1. The molecule has 4 aromatic rings. The average Bonchev–Trinajstić information content (AvgIpc) is 3.31. The molecule has 9 heteroatoms. The number of amides is 1. The average molecular weight is 507 g/mol. The van der Waals surface area contributed by atoms with Crippen molar-refractivity contribution in [2.24, 2.45) is 0 Å². The van der Waals surface area contributed by atoms with E-state index in [0.717, 1.165) is 11.1 Å². The van der Waals surface area contributed by atoms with Crippen LogP contribution >= 0.6 is 23.2 Å². The number of hydrogen-bond acceptors (Lipinski definition) is 5. The van der Waals surface area contributed by atoms with E-state index in [1.54, 1.807) is 43.6 Å². The van der Waals surface area contributed by atoms with Crippen molar-refractivity contribution in [1.29, 1.82) is 0 Å². The second-order valence-electron chi connectivity index (χ2n) is 8.39. The lowest BCUT2D eigenvalue weighted by atomic mass is 9.96. The van der Waals surface area contributed by atoms with Crippen molar-refractivity contribution in [1.82, 2.24) is 19.3 Å². The van der Waals surface area contributed by atoms with Crippen LogP contribution < -0.4 is 0 Å². The zero-order chi connectivity index (χ0) is 24.9. The second kappa shape index (κ2) is 8.83. The third-order valence-electron chi connectivity index (χ3n) is 6.18. The molecule has 1 saturated heterocycles. The Labute approximate surface area is 211 Å². The molecule has 0 spiro atoms. The third-order valence-corrected chi connectivity index (χ3v) is 6.92. The number of fused-ring (bicyclic) bond motifs is 1. The molecule has 0 saturated carbocycles. The number of halogens is 2. The number of carbonyl (C=O) groups excluding carboxylic acids is 2. The summed E-state index contributed by atoms with van der Waals surface area (Å²) in [4.78, 5) is 36.7. The number of aromatic nitrogens is 3. The Hall–Kier alpha value is -3.68. The molecule has 1 aromatic carbocycles. The number of aliphatic hydroxyl groups is 1. The Morgan fingerprint density at radius 2 is 1.89 bits per heavy atom. The van der Waals surface area contributed by atoms with E-state index in [9.17, 15) is 14.7 Å². The van der Waals surface area contributed by atoms with Gasteiger partial charge < -0.3 is 14.4 Å². The number of hydrogen-bond donors (Lipinski definition) is 1. The first-order valence-corrected chi connectivity index (χ1v) is 11.6. The fourth-order valence-electron chi connectivity index (χ4n) is 4.43. The summed E-state index contributed by atoms with van der Waals surface area (Å²) in [6, 6.07) is 11.4. The number of aliphatic hydroxyl groups excluding tert-OH is 1. The van der Waals surface area contributed by atoms with Crippen molar-refractivity contribution in [3.05, 3.63) is 105 Å². The maximum atomic E-state index is 13.3. The van der Waals surface area contributed by atoms with Crippen molar-refractivity contribution < 1.29 is 14.7 Å². The lowest BCUT2D eigenvalue weighted by Gasteiger charge is -2.25. The molecule has 5 rings (SSSR count). The summed E-state index contributed by atoms with van der Waals surface area (Å²) in [5.74, 6) is -1.87. The van der Waals surface area contributed by atoms with Crippen molar-refractivity contribution in [3.8, 4) is 0 Å². The van der Waals surface area contributed by atoms with E-state index in [2.05, 4.69) is 9.97 Å². The first kappa shape index (κ1) is 23.1. The SMILES string of the molecule is Cc1cccn2c(C)c(C(O)=C3C(=O)C(=O)N(Cc4cccnc4)C3c3ccc(Cl)c(Cl)c3)nc12. The number of aryl methyl sites for hydroxylation is 2. The number of likely N-dealkylation sites (tertiary alicyclic amines) is 1. The summed E-state index contributed by atoms with van der Waals surface area (Å²) in [5, 5.41) is 12.1. The van der Waals surface area contributed by atoms with Crippen molar-refractivity contribution in [2.75, 3.05) is 0 Å². The topological polar surface area (TPSA) is 87.8 Å². The lowest BCUT2D eigenvalue weighted by Crippen LogP contribution is -2.29. The largest absolute Gasteiger partial charge is 0.505 e. The Kier molecular flexibility index (Phi) is 5.83. The molecule has 1 N–H and O–H groups in total. The molecular formula is C26H20Cl2N4O3. The molecule has 176 valence electrons. The number of carbonyl (C=O) groups is 2. The molecule has 1 fully saturated rings. The van der Waals surface area contributed by atoms with Gasteiger partial charge in [-0.05, 0) is 54.8 Å². The molecule has 7 nitrogen and oxygen atoms in total. The summed E-state index contributed by atoms with van der Waals surface area (Å²) < 4.78 is 1.84. The highest BCUT2D eigenvalue weighted by atomic mass is 35.5. The van der Waals surface area contributed by atoms with Crippen LogP contribution in [0.3, 0.4) is 0 Å². The van der Waals surface area contributed by atoms with Crippen LogP contribution in [0.2, 0.25) is 10.0 Å². The molecule has 1 atom stereocenters. The van der Waals surface area contributed by atoms with Crippen LogP contribution in [0.25, 0.3) is 11.4 Å². The number of pyridine rings is 2. The van der Waals surface area contributed by atoms with Gasteiger partial charge in [0.2, 0.25) is 0 Å². The second-order valence-corrected chi connectivity index (χ2v) is 9.21. The molecule has 0 aliphatic carbocycles. The molecular weight excluding hydrogens is 487 g/mol. The van der Waals surface area contributed by atoms with Crippen molar-refractivity contribution >= 4 is 46.3 Å². The minimum Gasteiger partial charge on any atom is -0.505 e. The fourth-order valence-corrected chi connectivity index (χ4v) is 4.74. The van der Waals surface area contributed by atoms with Gasteiger partial charge in [-0.1, -0.05) is 41.4 Å². The van der Waals surface area contributed by atoms with E-state index in [4.69, 9.17) is 23.2 Å². The van der Waals surface area contributed by atoms with Gasteiger partial charge in [0, 0.05) is 25.1 Å². The Morgan fingerprint density at radius 3 is 2.57 bits per heavy atom. The minimum atomic E-state index is -0.893. The van der Waals surface area contributed by atoms with Gasteiger partial charge in [-0.25, -0.2) is 4.98 Å². The maximum absolute atomic E-state index is 13.3. The van der Waals surface area contributed by atoms with Gasteiger partial charge >= 0.3 is 0 Å². The van der Waals surface area contributed by atoms with Gasteiger partial charge in [-0.2, -0.15) is 0 Å². The first-order valence-electron chi connectivity index (χ1n) is 10.8. The number of benzene rings is 1. The molecule has 1 aliphatic rings. The highest BCUT2D eigenvalue weighted by Crippen LogP contribution is 2.42. The highest BCUT2D eigenvalue weighted by Gasteiger charge is 2.46. The van der Waals surface area contributed by atoms with Crippen LogP contribution in [-0.4, -0.2) is 36.1 Å². The zero-order valence-corrected chi connectivity index (χ0v) is 20.4. The van der Waals surface area contributed by atoms with Crippen LogP contribution in [-0.2, 0) is 16.1 Å². The summed E-state index contributed by atoms with van der Waals surface area (Å²) in [5.41, 5.74) is 3.67. The monoisotopic (exact) mass is 506 g/mol. The highest BCUT2D eigenvalue weighted by molar-refractivity contribution is 6.46. The predicted octanol–water partition coefficient (Wildman–Crippen LogP) is 5.27. The molecule has 1 unspecified atom stereocenters. The minimum absolute atomic E-state index is 0.0542. The van der Waals surface area contributed by atoms with Gasteiger partial charge in [0.1, 0.15) is 11.3 Å². The molecule has 4 heterocycles. The predicted molar refractivity (Wildman–Crippen MR) is 133 cm³/mol. The van der Waals surface area contributed by atoms with Gasteiger partial charge in [-0.3, -0.25) is 14.6 Å². The van der Waals surface area contributed by atoms with E-state index >= 15 is 0 Å². The van der Waals surface area contributed by atoms with Crippen molar-refractivity contribution in [3.63, 3.8) is 0 Å². The van der Waals surface area contributed by atoms with E-state index in [0.29, 0.717) is 21.9 Å². The van der Waals surface area contributed by atoms with E-state index in [-0.39, 0.29) is 28.6 Å². The van der Waals surface area contributed by atoms with Gasteiger partial charge in [0.05, 0.1) is 27.4 Å². The summed E-state index contributed by atoms with van der Waals surface area (Å²) >= 11 is 12.4. The Morgan fingerprint density at radius 1 is 1.09 bits per heavy atom. The van der Waals surface area contributed by atoms with E-state index in [1.165, 1.54) is 4.90 Å². The van der Waals surface area contributed by atoms with Gasteiger partial charge in [0.25, 0.3) is 11.7 Å². The third kappa shape index (κ3) is 3.87. The molecule has 3 aromatic heterocycles. The Bertz CT molecular complexity index is 1530. The van der Waals surface area contributed by atoms with Gasteiger partial charge in [0.15, 0.2) is 5.76 Å². The smallest absolute Gasteiger partial charge is 0.295 e. The first-order chi connectivity index (χ1) is 16.8. The van der Waals surface area contributed by atoms with Crippen LogP contribution in [0.15, 0.2) is 66.6 Å². The van der Waals surface area contributed by atoms with Crippen LogP contribution in [0.4, 0.5) is 0 Å². The standard InChI is InChI=1S/C26H20Cl2N4O3/c1-14-5-4-10-31-15(2)21(30-25(14)31)23(33)20-22(17-7-8-18(27)19(28)11-17)32(26(35)24(20)34)13-16-6-3-9-29-12-16/h3-12,22,33H,13H2,1-2H3. The Balaban J connectivity index is 1.72. The van der Waals surface area contributed by atoms with E-state index < -0.39 is 17.7 Å². The maximum Gasteiger partial charge on any atom is 0.295 e. The molecule has 0 bridgehead atoms. The lowest BCUT2D eigenvalue weighted by molar-refractivity contribution is -0.140. The fraction of sp³-hybridized carbons (Fsp3) is 0.154. The van der Waals surface area contributed by atoms with Crippen molar-refractivity contribution in [2.45, 2.75) is 26.4 Å². The molecule has 1 aliphatic heterocycles. The normalized spacial score (nSPS) is 17.5.